The van der Waals surface area contributed by atoms with Gasteiger partial charge in [0.15, 0.2) is 0 Å². The third-order valence-corrected chi connectivity index (χ3v) is 4.21. The third-order valence-electron chi connectivity index (χ3n) is 3.85. The first-order valence-corrected chi connectivity index (χ1v) is 8.88. The average molecular weight is 348 g/mol. The van der Waals surface area contributed by atoms with Gasteiger partial charge in [-0.1, -0.05) is 59.8 Å². The van der Waals surface area contributed by atoms with Crippen LogP contribution in [-0.4, -0.2) is 5.50 Å². The molecule has 0 aliphatic carbocycles. The lowest BCUT2D eigenvalue weighted by Gasteiger charge is -2.28. The number of hydrogen-bond acceptors (Lipinski definition) is 1. The average Bonchev–Trinajstić information content (AvgIpc) is 2.60. The molecule has 2 aromatic carbocycles. The minimum atomic E-state index is -0.178. The van der Waals surface area contributed by atoms with Crippen LogP contribution in [0.5, 0.6) is 0 Å². The van der Waals surface area contributed by atoms with Gasteiger partial charge in [0.05, 0.1) is 5.69 Å². The minimum absolute atomic E-state index is 0.00868. The largest absolute Gasteiger partial charge is 0.327 e. The lowest BCUT2D eigenvalue weighted by molar-refractivity contribution is 0.571. The zero-order valence-corrected chi connectivity index (χ0v) is 15.6. The van der Waals surface area contributed by atoms with Crippen LogP contribution in [0, 0.1) is 17.3 Å². The Balaban J connectivity index is 1.94. The number of rotatable bonds is 2. The third kappa shape index (κ3) is 4.35. The highest BCUT2D eigenvalue weighted by atomic mass is 35.5. The molecule has 0 fully saturated rings. The zero-order chi connectivity index (χ0) is 17.9. The van der Waals surface area contributed by atoms with Crippen LogP contribution in [0.15, 0.2) is 73.0 Å². The lowest BCUT2D eigenvalue weighted by Crippen LogP contribution is -2.25. The van der Waals surface area contributed by atoms with Crippen molar-refractivity contribution >= 4 is 17.3 Å². The van der Waals surface area contributed by atoms with Gasteiger partial charge in [-0.2, -0.15) is 0 Å². The van der Waals surface area contributed by atoms with Crippen LogP contribution in [0.25, 0.3) is 11.1 Å². The van der Waals surface area contributed by atoms with Gasteiger partial charge in [-0.15, -0.1) is 0 Å². The molecule has 0 bridgehead atoms. The maximum atomic E-state index is 6.46. The van der Waals surface area contributed by atoms with Gasteiger partial charge in [0, 0.05) is 22.7 Å². The van der Waals surface area contributed by atoms with E-state index in [0.29, 0.717) is 0 Å². The van der Waals surface area contributed by atoms with Crippen LogP contribution in [0.1, 0.15) is 26.3 Å². The van der Waals surface area contributed by atoms with E-state index in [0.717, 1.165) is 22.4 Å². The highest BCUT2D eigenvalue weighted by Gasteiger charge is 2.17. The molecule has 0 spiro atoms. The van der Waals surface area contributed by atoms with Gasteiger partial charge in [0.1, 0.15) is 5.50 Å². The van der Waals surface area contributed by atoms with Crippen LogP contribution in [0.3, 0.4) is 0 Å². The summed E-state index contributed by atoms with van der Waals surface area (Å²) >= 11 is 6.46. The summed E-state index contributed by atoms with van der Waals surface area (Å²) in [6.45, 7) is 6.36. The van der Waals surface area contributed by atoms with E-state index in [4.69, 9.17) is 11.6 Å². The molecule has 0 N–H and O–H groups in total. The molecule has 0 radical (unpaired) electrons. The van der Waals surface area contributed by atoms with Gasteiger partial charge in [0.2, 0.25) is 0 Å². The summed E-state index contributed by atoms with van der Waals surface area (Å²) in [6, 6.07) is 16.7. The molecule has 1 heterocycles. The first-order valence-electron chi connectivity index (χ1n) is 8.44. The van der Waals surface area contributed by atoms with E-state index in [2.05, 4.69) is 80.0 Å². The van der Waals surface area contributed by atoms with Crippen molar-refractivity contribution in [2.45, 2.75) is 26.3 Å². The number of nitrogens with zero attached hydrogens (tertiary/aromatic N) is 1. The van der Waals surface area contributed by atoms with Gasteiger partial charge < -0.3 is 4.90 Å². The summed E-state index contributed by atoms with van der Waals surface area (Å²) in [4.78, 5) is 2.07. The van der Waals surface area contributed by atoms with Crippen LogP contribution in [0.4, 0.5) is 5.69 Å². The summed E-state index contributed by atoms with van der Waals surface area (Å²) in [7, 11) is 0. The molecule has 2 heteroatoms. The van der Waals surface area contributed by atoms with Crippen molar-refractivity contribution in [2.75, 3.05) is 4.90 Å². The number of alkyl halides is 1. The Morgan fingerprint density at radius 2 is 1.68 bits per heavy atom. The van der Waals surface area contributed by atoms with E-state index < -0.39 is 0 Å². The Morgan fingerprint density at radius 1 is 0.960 bits per heavy atom. The maximum Gasteiger partial charge on any atom is 0.127 e. The zero-order valence-electron chi connectivity index (χ0n) is 14.8. The molecule has 1 unspecified atom stereocenters. The summed E-state index contributed by atoms with van der Waals surface area (Å²) in [5.41, 5.74) is 4.27. The van der Waals surface area contributed by atoms with Gasteiger partial charge >= 0.3 is 0 Å². The topological polar surface area (TPSA) is 3.24 Å². The Hall–Kier alpha value is -2.43. The fourth-order valence-electron chi connectivity index (χ4n) is 2.62. The van der Waals surface area contributed by atoms with Crippen LogP contribution < -0.4 is 4.90 Å². The van der Waals surface area contributed by atoms with Gasteiger partial charge in [0.25, 0.3) is 0 Å². The van der Waals surface area contributed by atoms with Crippen molar-refractivity contribution < 1.29 is 0 Å². The van der Waals surface area contributed by atoms with E-state index in [1.807, 2.05) is 30.5 Å². The van der Waals surface area contributed by atoms with Gasteiger partial charge in [-0.25, -0.2) is 0 Å². The minimum Gasteiger partial charge on any atom is -0.327 e. The second-order valence-electron chi connectivity index (χ2n) is 7.10. The second-order valence-corrected chi connectivity index (χ2v) is 7.55. The first kappa shape index (κ1) is 17.4. The first-order chi connectivity index (χ1) is 11.9. The highest BCUT2D eigenvalue weighted by molar-refractivity contribution is 6.23. The van der Waals surface area contributed by atoms with E-state index >= 15 is 0 Å². The SMILES string of the molecule is CC(C)(C)C#Cc1ccc(-c2ccccc2N2C=CC=CC2Cl)cc1. The number of allylic oxidation sites excluding steroid dienone is 2. The van der Waals surface area contributed by atoms with Gasteiger partial charge in [-0.05, 0) is 56.7 Å². The fraction of sp³-hybridized carbons (Fsp3) is 0.217. The number of anilines is 1. The molecule has 1 nitrogen and oxygen atoms in total. The van der Waals surface area contributed by atoms with Crippen molar-refractivity contribution in [3.8, 4) is 23.0 Å². The van der Waals surface area contributed by atoms with Gasteiger partial charge in [-0.3, -0.25) is 0 Å². The summed E-state index contributed by atoms with van der Waals surface area (Å²) in [5, 5.41) is 0. The quantitative estimate of drug-likeness (QED) is 0.355. The normalized spacial score (nSPS) is 16.5. The molecular formula is C23H22ClN. The second kappa shape index (κ2) is 7.21. The van der Waals surface area contributed by atoms with Crippen molar-refractivity contribution in [2.24, 2.45) is 5.41 Å². The van der Waals surface area contributed by atoms with E-state index in [1.54, 1.807) is 0 Å². The molecule has 2 aromatic rings. The lowest BCUT2D eigenvalue weighted by atomic mass is 9.97. The molecule has 0 amide bonds. The van der Waals surface area contributed by atoms with Crippen LogP contribution in [0.2, 0.25) is 0 Å². The smallest absolute Gasteiger partial charge is 0.127 e. The van der Waals surface area contributed by atoms with Crippen molar-refractivity contribution in [3.63, 3.8) is 0 Å². The number of halogens is 1. The fourth-order valence-corrected chi connectivity index (χ4v) is 2.88. The van der Waals surface area contributed by atoms with Crippen molar-refractivity contribution in [3.05, 3.63) is 78.5 Å². The van der Waals surface area contributed by atoms with Crippen LogP contribution in [-0.2, 0) is 0 Å². The molecular weight excluding hydrogens is 326 g/mol. The molecule has 3 rings (SSSR count). The van der Waals surface area contributed by atoms with Crippen molar-refractivity contribution in [1.82, 2.24) is 0 Å². The van der Waals surface area contributed by atoms with Crippen LogP contribution >= 0.6 is 11.6 Å². The predicted molar refractivity (Wildman–Crippen MR) is 109 cm³/mol. The Bertz CT molecular complexity index is 857. The number of para-hydroxylation sites is 1. The Kier molecular flexibility index (Phi) is 5.02. The summed E-state index contributed by atoms with van der Waals surface area (Å²) in [5.74, 6) is 6.52. The molecule has 1 aliphatic rings. The highest BCUT2D eigenvalue weighted by Crippen LogP contribution is 2.34. The molecule has 0 saturated heterocycles. The van der Waals surface area contributed by atoms with E-state index in [1.165, 1.54) is 0 Å². The molecule has 0 aromatic heterocycles. The summed E-state index contributed by atoms with van der Waals surface area (Å²) in [6.07, 6.45) is 7.96. The van der Waals surface area contributed by atoms with Crippen molar-refractivity contribution in [1.29, 1.82) is 0 Å². The predicted octanol–water partition coefficient (Wildman–Crippen LogP) is 6.21. The maximum absolute atomic E-state index is 6.46. The molecule has 0 saturated carbocycles. The summed E-state index contributed by atoms with van der Waals surface area (Å²) < 4.78 is 0. The number of hydrogen-bond donors (Lipinski definition) is 0. The molecule has 25 heavy (non-hydrogen) atoms. The molecule has 1 aliphatic heterocycles. The molecule has 1 atom stereocenters. The monoisotopic (exact) mass is 347 g/mol. The van der Waals surface area contributed by atoms with E-state index in [-0.39, 0.29) is 10.9 Å². The van der Waals surface area contributed by atoms with E-state index in [9.17, 15) is 0 Å². The molecule has 126 valence electrons. The Morgan fingerprint density at radius 3 is 2.36 bits per heavy atom. The standard InChI is InChI=1S/C23H22ClN/c1-23(2,3)16-15-18-11-13-19(14-12-18)20-8-4-5-9-21(20)25-17-7-6-10-22(25)24/h4-14,17,22H,1-3H3. The Labute approximate surface area is 155 Å². The number of benzene rings is 2.